The van der Waals surface area contributed by atoms with Crippen molar-refractivity contribution in [1.29, 1.82) is 0 Å². The van der Waals surface area contributed by atoms with E-state index in [1.807, 2.05) is 12.2 Å². The Morgan fingerprint density at radius 2 is 1.00 bits per heavy atom. The van der Waals surface area contributed by atoms with Crippen molar-refractivity contribution in [3.05, 3.63) is 36.5 Å². The number of aliphatic hydroxyl groups is 2. The summed E-state index contributed by atoms with van der Waals surface area (Å²) in [6.45, 7) is 6.32. The molecular formula is C48H89NO5. The van der Waals surface area contributed by atoms with Gasteiger partial charge in [-0.1, -0.05) is 211 Å². The molecule has 6 heteroatoms. The van der Waals surface area contributed by atoms with E-state index in [2.05, 4.69) is 50.4 Å². The van der Waals surface area contributed by atoms with Crippen LogP contribution in [0.2, 0.25) is 0 Å². The number of esters is 1. The van der Waals surface area contributed by atoms with Crippen LogP contribution >= 0.6 is 0 Å². The van der Waals surface area contributed by atoms with Gasteiger partial charge in [0, 0.05) is 6.42 Å². The molecule has 0 aromatic carbocycles. The Hall–Kier alpha value is -1.92. The summed E-state index contributed by atoms with van der Waals surface area (Å²) >= 11 is 0. The highest BCUT2D eigenvalue weighted by atomic mass is 16.5. The van der Waals surface area contributed by atoms with E-state index in [4.69, 9.17) is 4.74 Å². The van der Waals surface area contributed by atoms with E-state index in [0.29, 0.717) is 19.3 Å². The van der Waals surface area contributed by atoms with E-state index in [0.717, 1.165) is 70.6 Å². The van der Waals surface area contributed by atoms with Crippen LogP contribution < -0.4 is 5.32 Å². The minimum atomic E-state index is -0.792. The molecular weight excluding hydrogens is 671 g/mol. The zero-order valence-corrected chi connectivity index (χ0v) is 35.9. The maximum Gasteiger partial charge on any atom is 0.306 e. The van der Waals surface area contributed by atoms with Gasteiger partial charge in [-0.05, 0) is 44.9 Å². The number of aliphatic hydroxyl groups excluding tert-OH is 2. The molecule has 0 saturated heterocycles. The standard InChI is InChI=1S/C48H89NO5/c1-4-7-10-13-16-19-22-23-26-28-31-34-37-40-46(51)45(43-50)49-47(52)42-44(39-36-33-30-27-24-20-17-14-11-8-5-2)54-48(53)41-38-35-32-29-25-21-18-15-12-9-6-3/h8,11,14,17,20,24,44-46,50-51H,4-7,9-10,12-13,15-16,18-19,21-23,25-43H2,1-3H3,(H,49,52)/b11-8+,17-14+,24-20-. The molecule has 0 aliphatic heterocycles. The largest absolute Gasteiger partial charge is 0.462 e. The summed E-state index contributed by atoms with van der Waals surface area (Å²) in [5, 5.41) is 23.6. The Kier molecular flexibility index (Phi) is 40.7. The molecule has 0 radical (unpaired) electrons. The maximum atomic E-state index is 13.1. The van der Waals surface area contributed by atoms with Gasteiger partial charge in [-0.15, -0.1) is 0 Å². The van der Waals surface area contributed by atoms with E-state index in [9.17, 15) is 19.8 Å². The fraction of sp³-hybridized carbons (Fsp3) is 0.833. The van der Waals surface area contributed by atoms with E-state index >= 15 is 0 Å². The lowest BCUT2D eigenvalue weighted by atomic mass is 10.0. The van der Waals surface area contributed by atoms with Gasteiger partial charge < -0.3 is 20.3 Å². The average molecular weight is 760 g/mol. The number of allylic oxidation sites excluding steroid dienone is 6. The molecule has 0 aliphatic rings. The van der Waals surface area contributed by atoms with Crippen LogP contribution in [0.25, 0.3) is 0 Å². The summed E-state index contributed by atoms with van der Waals surface area (Å²) in [5.41, 5.74) is 0. The van der Waals surface area contributed by atoms with Crippen LogP contribution in [0.15, 0.2) is 36.5 Å². The van der Waals surface area contributed by atoms with Crippen LogP contribution in [0.5, 0.6) is 0 Å². The summed E-state index contributed by atoms with van der Waals surface area (Å²) in [6.07, 6.45) is 47.8. The summed E-state index contributed by atoms with van der Waals surface area (Å²) < 4.78 is 5.88. The highest BCUT2D eigenvalue weighted by Crippen LogP contribution is 2.17. The van der Waals surface area contributed by atoms with Crippen LogP contribution in [0.1, 0.15) is 233 Å². The highest BCUT2D eigenvalue weighted by Gasteiger charge is 2.24. The minimum Gasteiger partial charge on any atom is -0.462 e. The molecule has 3 atom stereocenters. The first-order valence-electron chi connectivity index (χ1n) is 23.2. The maximum absolute atomic E-state index is 13.1. The second kappa shape index (κ2) is 42.2. The van der Waals surface area contributed by atoms with Gasteiger partial charge in [0.05, 0.1) is 25.2 Å². The van der Waals surface area contributed by atoms with Gasteiger partial charge in [0.15, 0.2) is 0 Å². The zero-order chi connectivity index (χ0) is 39.6. The Balaban J connectivity index is 4.58. The fourth-order valence-corrected chi connectivity index (χ4v) is 7.02. The van der Waals surface area contributed by atoms with Crippen LogP contribution in [-0.2, 0) is 14.3 Å². The number of amides is 1. The van der Waals surface area contributed by atoms with E-state index in [1.54, 1.807) is 0 Å². The number of nitrogens with one attached hydrogen (secondary N) is 1. The molecule has 0 aromatic heterocycles. The lowest BCUT2D eigenvalue weighted by Gasteiger charge is -2.24. The molecule has 3 unspecified atom stereocenters. The monoisotopic (exact) mass is 760 g/mol. The van der Waals surface area contributed by atoms with Crippen molar-refractivity contribution in [2.45, 2.75) is 251 Å². The van der Waals surface area contributed by atoms with Crippen LogP contribution in [-0.4, -0.2) is 46.9 Å². The molecule has 0 fully saturated rings. The van der Waals surface area contributed by atoms with Crippen molar-refractivity contribution in [2.75, 3.05) is 6.61 Å². The quantitative estimate of drug-likeness (QED) is 0.0328. The van der Waals surface area contributed by atoms with Crippen LogP contribution in [0.3, 0.4) is 0 Å². The van der Waals surface area contributed by atoms with Crippen molar-refractivity contribution < 1.29 is 24.5 Å². The Morgan fingerprint density at radius 1 is 0.556 bits per heavy atom. The Labute approximate surface area is 334 Å². The summed E-state index contributed by atoms with van der Waals surface area (Å²) in [7, 11) is 0. The first kappa shape index (κ1) is 52.1. The third-order valence-corrected chi connectivity index (χ3v) is 10.5. The number of hydrogen-bond acceptors (Lipinski definition) is 5. The van der Waals surface area contributed by atoms with Crippen LogP contribution in [0, 0.1) is 0 Å². The fourth-order valence-electron chi connectivity index (χ4n) is 7.02. The Morgan fingerprint density at radius 3 is 1.50 bits per heavy atom. The third kappa shape index (κ3) is 37.0. The summed E-state index contributed by atoms with van der Waals surface area (Å²) in [5.74, 6) is -0.505. The van der Waals surface area contributed by atoms with E-state index in [-0.39, 0.29) is 24.9 Å². The first-order valence-corrected chi connectivity index (χ1v) is 23.2. The molecule has 54 heavy (non-hydrogen) atoms. The van der Waals surface area contributed by atoms with Crippen molar-refractivity contribution in [3.8, 4) is 0 Å². The number of carbonyl (C=O) groups excluding carboxylic acids is 2. The highest BCUT2D eigenvalue weighted by molar-refractivity contribution is 5.77. The zero-order valence-electron chi connectivity index (χ0n) is 35.9. The lowest BCUT2D eigenvalue weighted by molar-refractivity contribution is -0.151. The molecule has 3 N–H and O–H groups in total. The molecule has 0 heterocycles. The number of hydrogen-bond donors (Lipinski definition) is 3. The van der Waals surface area contributed by atoms with Gasteiger partial charge in [0.25, 0.3) is 0 Å². The molecule has 0 spiro atoms. The van der Waals surface area contributed by atoms with Gasteiger partial charge in [0.2, 0.25) is 5.91 Å². The molecule has 1 amide bonds. The summed E-state index contributed by atoms with van der Waals surface area (Å²) in [6, 6.07) is -0.708. The van der Waals surface area contributed by atoms with Gasteiger partial charge >= 0.3 is 5.97 Å². The van der Waals surface area contributed by atoms with Gasteiger partial charge in [-0.2, -0.15) is 0 Å². The van der Waals surface area contributed by atoms with Crippen molar-refractivity contribution in [1.82, 2.24) is 5.32 Å². The second-order valence-electron chi connectivity index (χ2n) is 15.8. The second-order valence-corrected chi connectivity index (χ2v) is 15.8. The molecule has 6 nitrogen and oxygen atoms in total. The topological polar surface area (TPSA) is 95.9 Å². The van der Waals surface area contributed by atoms with E-state index < -0.39 is 18.2 Å². The SMILES string of the molecule is CC/C=C/C=C/C=C\CCCCCC(CC(=O)NC(CO)C(O)CCCCCCCCCCCCCCC)OC(=O)CCCCCCCCCCCCC. The first-order chi connectivity index (χ1) is 26.5. The van der Waals surface area contributed by atoms with Crippen molar-refractivity contribution in [2.24, 2.45) is 0 Å². The molecule has 0 aliphatic carbocycles. The Bertz CT molecular complexity index is 900. The predicted molar refractivity (Wildman–Crippen MR) is 232 cm³/mol. The van der Waals surface area contributed by atoms with Crippen molar-refractivity contribution >= 4 is 11.9 Å². The van der Waals surface area contributed by atoms with Crippen molar-refractivity contribution in [3.63, 3.8) is 0 Å². The van der Waals surface area contributed by atoms with Crippen LogP contribution in [0.4, 0.5) is 0 Å². The molecule has 0 aromatic rings. The third-order valence-electron chi connectivity index (χ3n) is 10.5. The number of ether oxygens (including phenoxy) is 1. The minimum absolute atomic E-state index is 0.0575. The average Bonchev–Trinajstić information content (AvgIpc) is 3.16. The number of carbonyl (C=O) groups is 2. The number of rotatable bonds is 41. The molecule has 0 saturated carbocycles. The van der Waals surface area contributed by atoms with Gasteiger partial charge in [-0.3, -0.25) is 9.59 Å². The molecule has 316 valence electrons. The van der Waals surface area contributed by atoms with E-state index in [1.165, 1.54) is 116 Å². The smallest absolute Gasteiger partial charge is 0.306 e. The summed E-state index contributed by atoms with van der Waals surface area (Å²) in [4.78, 5) is 25.9. The molecule has 0 rings (SSSR count). The van der Waals surface area contributed by atoms with Gasteiger partial charge in [-0.25, -0.2) is 0 Å². The van der Waals surface area contributed by atoms with Gasteiger partial charge in [0.1, 0.15) is 6.10 Å². The number of unbranched alkanes of at least 4 members (excludes halogenated alkanes) is 25. The lowest BCUT2D eigenvalue weighted by Crippen LogP contribution is -2.46. The molecule has 0 bridgehead atoms. The normalized spacial score (nSPS) is 13.6. The predicted octanol–water partition coefficient (Wildman–Crippen LogP) is 13.3.